The summed E-state index contributed by atoms with van der Waals surface area (Å²) in [4.78, 5) is 22.1. The van der Waals surface area contributed by atoms with Gasteiger partial charge >= 0.3 is 0 Å². The zero-order valence-electron chi connectivity index (χ0n) is 13.4. The molecule has 3 heterocycles. The van der Waals surface area contributed by atoms with Gasteiger partial charge in [0, 0.05) is 38.4 Å². The maximum atomic E-state index is 11.8. The van der Waals surface area contributed by atoms with Crippen LogP contribution in [0.2, 0.25) is 0 Å². The molecule has 1 aliphatic heterocycles. The molecule has 122 valence electrons. The summed E-state index contributed by atoms with van der Waals surface area (Å²) in [5, 5.41) is 8.51. The van der Waals surface area contributed by atoms with Crippen LogP contribution >= 0.6 is 0 Å². The molecule has 0 spiro atoms. The van der Waals surface area contributed by atoms with Gasteiger partial charge in [-0.2, -0.15) is 5.10 Å². The van der Waals surface area contributed by atoms with Crippen molar-refractivity contribution in [2.75, 3.05) is 16.8 Å². The summed E-state index contributed by atoms with van der Waals surface area (Å²) in [5.74, 6) is 0.979. The predicted molar refractivity (Wildman–Crippen MR) is 91.7 cm³/mol. The van der Waals surface area contributed by atoms with E-state index in [0.717, 1.165) is 35.4 Å². The van der Waals surface area contributed by atoms with Crippen molar-refractivity contribution < 1.29 is 4.79 Å². The average Bonchev–Trinajstić information content (AvgIpc) is 3.18. The summed E-state index contributed by atoms with van der Waals surface area (Å²) in [6, 6.07) is 8.07. The minimum absolute atomic E-state index is 0.209. The number of hydrogen-bond acceptors (Lipinski definition) is 5. The maximum Gasteiger partial charge on any atom is 0.227 e. The zero-order chi connectivity index (χ0) is 16.5. The van der Waals surface area contributed by atoms with Crippen LogP contribution < -0.4 is 10.2 Å². The fraction of sp³-hybridized carbons (Fsp3) is 0.294. The first-order chi connectivity index (χ1) is 11.7. The molecule has 24 heavy (non-hydrogen) atoms. The number of hydrogen-bond donors (Lipinski definition) is 1. The van der Waals surface area contributed by atoms with Crippen molar-refractivity contribution in [2.45, 2.75) is 19.4 Å². The number of nitrogens with zero attached hydrogens (tertiary/aromatic N) is 5. The van der Waals surface area contributed by atoms with E-state index in [9.17, 15) is 4.79 Å². The van der Waals surface area contributed by atoms with Gasteiger partial charge in [-0.1, -0.05) is 12.1 Å². The number of fused-ring (bicyclic) bond motifs is 1. The van der Waals surface area contributed by atoms with Crippen LogP contribution in [0.15, 0.2) is 36.8 Å². The number of aryl methyl sites for hydroxylation is 1. The highest BCUT2D eigenvalue weighted by atomic mass is 16.2. The second kappa shape index (κ2) is 5.92. The van der Waals surface area contributed by atoms with Gasteiger partial charge in [-0.3, -0.25) is 9.48 Å². The number of benzene rings is 1. The zero-order valence-corrected chi connectivity index (χ0v) is 13.4. The topological polar surface area (TPSA) is 75.9 Å². The lowest BCUT2D eigenvalue weighted by atomic mass is 10.2. The third-order valence-electron chi connectivity index (χ3n) is 4.21. The van der Waals surface area contributed by atoms with E-state index in [2.05, 4.69) is 20.4 Å². The van der Waals surface area contributed by atoms with E-state index in [1.54, 1.807) is 4.68 Å². The van der Waals surface area contributed by atoms with E-state index in [-0.39, 0.29) is 5.91 Å². The first-order valence-corrected chi connectivity index (χ1v) is 7.98. The number of rotatable bonds is 4. The van der Waals surface area contributed by atoms with E-state index in [1.807, 2.05) is 42.4 Å². The second-order valence-electron chi connectivity index (χ2n) is 5.93. The van der Waals surface area contributed by atoms with Crippen molar-refractivity contribution in [3.8, 4) is 0 Å². The molecule has 0 unspecified atom stereocenters. The van der Waals surface area contributed by atoms with Crippen molar-refractivity contribution in [3.63, 3.8) is 0 Å². The van der Waals surface area contributed by atoms with Gasteiger partial charge < -0.3 is 10.2 Å². The highest BCUT2D eigenvalue weighted by molar-refractivity contribution is 5.95. The van der Waals surface area contributed by atoms with Crippen LogP contribution in [-0.4, -0.2) is 32.2 Å². The van der Waals surface area contributed by atoms with Crippen molar-refractivity contribution >= 4 is 28.4 Å². The fourth-order valence-electron chi connectivity index (χ4n) is 2.99. The Labute approximate surface area is 139 Å². The predicted octanol–water partition coefficient (Wildman–Crippen LogP) is 2.10. The molecule has 7 nitrogen and oxygen atoms in total. The molecule has 2 aromatic heterocycles. The molecule has 0 aliphatic carbocycles. The van der Waals surface area contributed by atoms with Gasteiger partial charge in [-0.05, 0) is 24.1 Å². The Morgan fingerprint density at radius 1 is 1.21 bits per heavy atom. The van der Waals surface area contributed by atoms with Crippen LogP contribution in [-0.2, 0) is 18.4 Å². The molecule has 0 radical (unpaired) electrons. The monoisotopic (exact) mass is 322 g/mol. The van der Waals surface area contributed by atoms with Gasteiger partial charge in [0.25, 0.3) is 0 Å². The van der Waals surface area contributed by atoms with Gasteiger partial charge in [0.05, 0.1) is 5.39 Å². The van der Waals surface area contributed by atoms with Crippen molar-refractivity contribution in [2.24, 2.45) is 7.05 Å². The summed E-state index contributed by atoms with van der Waals surface area (Å²) >= 11 is 0. The minimum Gasteiger partial charge on any atom is -0.365 e. The lowest BCUT2D eigenvalue weighted by Crippen LogP contribution is -2.23. The first-order valence-electron chi connectivity index (χ1n) is 7.98. The SMILES string of the molecule is Cn1cc2c(NCc3ccc(N4CCCC4=O)cc3)ncnc2n1. The number of carbonyl (C=O) groups excluding carboxylic acids is 1. The molecule has 0 bridgehead atoms. The number of carbonyl (C=O) groups is 1. The van der Waals surface area contributed by atoms with Gasteiger partial charge in [0.1, 0.15) is 12.1 Å². The average molecular weight is 322 g/mol. The molecule has 1 fully saturated rings. The summed E-state index contributed by atoms with van der Waals surface area (Å²) < 4.78 is 1.73. The number of nitrogens with one attached hydrogen (secondary N) is 1. The van der Waals surface area contributed by atoms with Crippen LogP contribution in [0.4, 0.5) is 11.5 Å². The third-order valence-corrected chi connectivity index (χ3v) is 4.21. The number of aromatic nitrogens is 4. The van der Waals surface area contributed by atoms with Gasteiger partial charge in [-0.25, -0.2) is 9.97 Å². The van der Waals surface area contributed by atoms with Crippen molar-refractivity contribution in [3.05, 3.63) is 42.4 Å². The van der Waals surface area contributed by atoms with Crippen molar-refractivity contribution in [1.82, 2.24) is 19.7 Å². The molecule has 4 rings (SSSR count). The van der Waals surface area contributed by atoms with Crippen LogP contribution in [0.1, 0.15) is 18.4 Å². The van der Waals surface area contributed by atoms with E-state index in [1.165, 1.54) is 6.33 Å². The van der Waals surface area contributed by atoms with Gasteiger partial charge in [-0.15, -0.1) is 0 Å². The quantitative estimate of drug-likeness (QED) is 0.796. The lowest BCUT2D eigenvalue weighted by Gasteiger charge is -2.16. The van der Waals surface area contributed by atoms with Crippen LogP contribution in [0.5, 0.6) is 0 Å². The molecule has 7 heteroatoms. The third kappa shape index (κ3) is 2.68. The molecule has 1 aromatic carbocycles. The van der Waals surface area contributed by atoms with E-state index in [4.69, 9.17) is 0 Å². The van der Waals surface area contributed by atoms with Crippen LogP contribution in [0, 0.1) is 0 Å². The molecule has 0 saturated carbocycles. The van der Waals surface area contributed by atoms with E-state index >= 15 is 0 Å². The Bertz CT molecular complexity index is 886. The Morgan fingerprint density at radius 3 is 2.79 bits per heavy atom. The van der Waals surface area contributed by atoms with E-state index < -0.39 is 0 Å². The standard InChI is InChI=1S/C17H18N6O/c1-22-10-14-16(19-11-20-17(14)21-22)18-9-12-4-6-13(7-5-12)23-8-2-3-15(23)24/h4-7,10-11H,2-3,8-9H2,1H3,(H,18,19,20,21). The Kier molecular flexibility index (Phi) is 3.60. The normalized spacial score (nSPS) is 14.5. The Balaban J connectivity index is 1.48. The van der Waals surface area contributed by atoms with Crippen LogP contribution in [0.25, 0.3) is 11.0 Å². The number of amides is 1. The van der Waals surface area contributed by atoms with Gasteiger partial charge in [0.2, 0.25) is 5.91 Å². The lowest BCUT2D eigenvalue weighted by molar-refractivity contribution is -0.117. The molecule has 3 aromatic rings. The second-order valence-corrected chi connectivity index (χ2v) is 5.93. The fourth-order valence-corrected chi connectivity index (χ4v) is 2.99. The minimum atomic E-state index is 0.209. The largest absolute Gasteiger partial charge is 0.365 e. The highest BCUT2D eigenvalue weighted by Crippen LogP contribution is 2.22. The number of anilines is 2. The first kappa shape index (κ1) is 14.6. The molecule has 0 atom stereocenters. The molecule has 1 aliphatic rings. The molecule has 1 saturated heterocycles. The molecular formula is C17H18N6O. The molecular weight excluding hydrogens is 304 g/mol. The summed E-state index contributed by atoms with van der Waals surface area (Å²) in [6.07, 6.45) is 5.01. The highest BCUT2D eigenvalue weighted by Gasteiger charge is 2.21. The Hall–Kier alpha value is -2.96. The maximum absolute atomic E-state index is 11.8. The van der Waals surface area contributed by atoms with E-state index in [0.29, 0.717) is 18.6 Å². The van der Waals surface area contributed by atoms with Gasteiger partial charge in [0.15, 0.2) is 5.65 Å². The van der Waals surface area contributed by atoms with Crippen LogP contribution in [0.3, 0.4) is 0 Å². The summed E-state index contributed by atoms with van der Waals surface area (Å²) in [7, 11) is 1.86. The summed E-state index contributed by atoms with van der Waals surface area (Å²) in [5.41, 5.74) is 2.77. The smallest absolute Gasteiger partial charge is 0.227 e. The van der Waals surface area contributed by atoms with Crippen molar-refractivity contribution in [1.29, 1.82) is 0 Å². The molecule has 1 N–H and O–H groups in total. The summed E-state index contributed by atoms with van der Waals surface area (Å²) in [6.45, 7) is 1.46. The molecule has 1 amide bonds. The Morgan fingerprint density at radius 2 is 2.04 bits per heavy atom.